The van der Waals surface area contributed by atoms with E-state index >= 15 is 0 Å². The molecule has 4 N–H and O–H groups in total. The van der Waals surface area contributed by atoms with Crippen molar-refractivity contribution in [3.8, 4) is 5.75 Å². The van der Waals surface area contributed by atoms with Gasteiger partial charge in [-0.2, -0.15) is 26.3 Å². The Kier molecular flexibility index (Phi) is 9.57. The molecule has 2 fully saturated rings. The van der Waals surface area contributed by atoms with Crippen LogP contribution in [-0.2, 0) is 21.0 Å². The number of amides is 2. The summed E-state index contributed by atoms with van der Waals surface area (Å²) < 4.78 is 127. The summed E-state index contributed by atoms with van der Waals surface area (Å²) in [5, 5.41) is 14.2. The van der Waals surface area contributed by atoms with Crippen molar-refractivity contribution in [1.82, 2.24) is 10.0 Å². The van der Waals surface area contributed by atoms with Crippen molar-refractivity contribution in [1.29, 1.82) is 0 Å². The lowest BCUT2D eigenvalue weighted by atomic mass is 9.83. The summed E-state index contributed by atoms with van der Waals surface area (Å²) in [4.78, 5) is 26.6. The number of benzene rings is 2. The van der Waals surface area contributed by atoms with E-state index in [0.717, 1.165) is 18.2 Å². The minimum atomic E-state index is -5.09. The molecule has 45 heavy (non-hydrogen) atoms. The number of hydrogen-bond acceptors (Lipinski definition) is 6. The summed E-state index contributed by atoms with van der Waals surface area (Å²) in [6.07, 6.45) is -10.6. The molecular weight excluding hydrogens is 639 g/mol. The Hall–Kier alpha value is -3.70. The number of alkyl halides is 6. The maximum atomic E-state index is 13.8. The number of aliphatic hydroxyl groups excluding tert-OH is 1. The second-order valence-electron chi connectivity index (χ2n) is 10.7. The molecule has 246 valence electrons. The van der Waals surface area contributed by atoms with Gasteiger partial charge in [0.1, 0.15) is 11.6 Å². The maximum absolute atomic E-state index is 13.8. The highest BCUT2D eigenvalue weighted by Crippen LogP contribution is 2.54. The molecule has 9 nitrogen and oxygen atoms in total. The third-order valence-electron chi connectivity index (χ3n) is 7.66. The van der Waals surface area contributed by atoms with Crippen molar-refractivity contribution in [2.24, 2.45) is 17.8 Å². The maximum Gasteiger partial charge on any atom is 0.419 e. The number of hydrogen-bond donors (Lipinski definition) is 4. The molecule has 4 rings (SSSR count). The SMILES string of the molecule is COc1ccc(S(=O)(=O)NC[C@H](C)O)cc1C(=O)N[C@H]1[C@@H](C(=O)Nc2ccc(F)c(C(F)(F)F)c2)[C@H]2CC[C@@H]1/C2=C\C(F)(F)F. The first-order chi connectivity index (χ1) is 20.8. The van der Waals surface area contributed by atoms with E-state index in [1.165, 1.54) is 20.1 Å². The Morgan fingerprint density at radius 2 is 1.73 bits per heavy atom. The van der Waals surface area contributed by atoms with E-state index < -0.39 is 86.1 Å². The van der Waals surface area contributed by atoms with Gasteiger partial charge in [-0.15, -0.1) is 0 Å². The lowest BCUT2D eigenvalue weighted by Gasteiger charge is -2.30. The molecule has 0 unspecified atom stereocenters. The fourth-order valence-corrected chi connectivity index (χ4v) is 6.95. The molecule has 5 atom stereocenters. The fourth-order valence-electron chi connectivity index (χ4n) is 5.80. The molecular formula is C28H28F7N3O6S. The molecule has 2 aromatic rings. The van der Waals surface area contributed by atoms with E-state index in [2.05, 4.69) is 15.4 Å². The minimum absolute atomic E-state index is 0.0447. The number of aliphatic hydroxyl groups is 1. The van der Waals surface area contributed by atoms with Crippen molar-refractivity contribution in [2.45, 2.75) is 49.2 Å². The van der Waals surface area contributed by atoms with Crippen LogP contribution >= 0.6 is 0 Å². The third kappa shape index (κ3) is 7.58. The Bertz CT molecular complexity index is 1610. The molecule has 2 aliphatic rings. The Morgan fingerprint density at radius 3 is 2.33 bits per heavy atom. The summed E-state index contributed by atoms with van der Waals surface area (Å²) in [5.41, 5.74) is -2.64. The minimum Gasteiger partial charge on any atom is -0.496 e. The molecule has 2 saturated carbocycles. The number of halogens is 7. The smallest absolute Gasteiger partial charge is 0.419 e. The van der Waals surface area contributed by atoms with Gasteiger partial charge in [0, 0.05) is 30.3 Å². The third-order valence-corrected chi connectivity index (χ3v) is 9.08. The van der Waals surface area contributed by atoms with Crippen LogP contribution in [0.25, 0.3) is 0 Å². The average molecular weight is 668 g/mol. The quantitative estimate of drug-likeness (QED) is 0.232. The fraction of sp³-hybridized carbons (Fsp3) is 0.429. The van der Waals surface area contributed by atoms with Gasteiger partial charge in [-0.1, -0.05) is 5.57 Å². The van der Waals surface area contributed by atoms with Crippen LogP contribution in [0.2, 0.25) is 0 Å². The lowest BCUT2D eigenvalue weighted by Crippen LogP contribution is -2.48. The first kappa shape index (κ1) is 34.2. The van der Waals surface area contributed by atoms with Crippen LogP contribution in [0.3, 0.4) is 0 Å². The van der Waals surface area contributed by atoms with Crippen molar-refractivity contribution in [2.75, 3.05) is 19.0 Å². The summed E-state index contributed by atoms with van der Waals surface area (Å²) in [7, 11) is -3.05. The van der Waals surface area contributed by atoms with Crippen molar-refractivity contribution < 1.29 is 58.6 Å². The van der Waals surface area contributed by atoms with Crippen LogP contribution in [0.15, 0.2) is 52.9 Å². The summed E-state index contributed by atoms with van der Waals surface area (Å²) in [5.74, 6) is -7.12. The number of methoxy groups -OCH3 is 1. The Balaban J connectivity index is 1.69. The number of ether oxygens (including phenoxy) is 1. The molecule has 2 bridgehead atoms. The summed E-state index contributed by atoms with van der Waals surface area (Å²) in [6.45, 7) is 0.995. The first-order valence-electron chi connectivity index (χ1n) is 13.5. The number of fused-ring (bicyclic) bond motifs is 2. The number of allylic oxidation sites excluding steroid dienone is 1. The summed E-state index contributed by atoms with van der Waals surface area (Å²) in [6, 6.07) is 3.64. The van der Waals surface area contributed by atoms with Gasteiger partial charge in [0.15, 0.2) is 0 Å². The van der Waals surface area contributed by atoms with Gasteiger partial charge in [-0.05, 0) is 62.1 Å². The zero-order valence-electron chi connectivity index (χ0n) is 23.6. The number of nitrogens with one attached hydrogen (secondary N) is 3. The standard InChI is InChI=1S/C28H28F7N3O6S/c1-13(39)12-36-45(42,43)15-4-8-22(44-2)18(10-15)25(40)38-24-17-6-5-16(19(17)11-27(30,31)32)23(24)26(41)37-14-3-7-21(29)20(9-14)28(33,34)35/h3-4,7-11,13,16-17,23-24,36,39H,5-6,12H2,1-2H3,(H,37,41)(H,38,40)/b19-11-/t13-,16-,17+,23-,24+/m0/s1. The normalized spacial score (nSPS) is 23.2. The van der Waals surface area contributed by atoms with Crippen LogP contribution in [-0.4, -0.2) is 57.3 Å². The number of carbonyl (C=O) groups excluding carboxylic acids is 2. The van der Waals surface area contributed by atoms with Crippen LogP contribution in [0.4, 0.5) is 36.4 Å². The highest BCUT2D eigenvalue weighted by molar-refractivity contribution is 7.89. The van der Waals surface area contributed by atoms with Crippen LogP contribution in [0.1, 0.15) is 35.7 Å². The van der Waals surface area contributed by atoms with Crippen LogP contribution in [0, 0.1) is 23.6 Å². The molecule has 0 aromatic heterocycles. The number of rotatable bonds is 9. The monoisotopic (exact) mass is 667 g/mol. The van der Waals surface area contributed by atoms with Gasteiger partial charge in [0.05, 0.1) is 35.2 Å². The Morgan fingerprint density at radius 1 is 1.07 bits per heavy atom. The molecule has 2 amide bonds. The topological polar surface area (TPSA) is 134 Å². The zero-order valence-corrected chi connectivity index (χ0v) is 24.4. The van der Waals surface area contributed by atoms with E-state index in [1.807, 2.05) is 0 Å². The molecule has 0 heterocycles. The average Bonchev–Trinajstić information content (AvgIpc) is 3.44. The molecule has 0 saturated heterocycles. The highest BCUT2D eigenvalue weighted by Gasteiger charge is 2.55. The van der Waals surface area contributed by atoms with Gasteiger partial charge in [-0.3, -0.25) is 9.59 Å². The summed E-state index contributed by atoms with van der Waals surface area (Å²) >= 11 is 0. The molecule has 0 aliphatic heterocycles. The van der Waals surface area contributed by atoms with Gasteiger partial charge in [-0.25, -0.2) is 17.5 Å². The molecule has 2 aliphatic carbocycles. The van der Waals surface area contributed by atoms with E-state index in [9.17, 15) is 53.8 Å². The van der Waals surface area contributed by atoms with Crippen LogP contribution in [0.5, 0.6) is 5.75 Å². The number of carbonyl (C=O) groups is 2. The largest absolute Gasteiger partial charge is 0.496 e. The predicted octanol–water partition coefficient (Wildman–Crippen LogP) is 4.39. The van der Waals surface area contributed by atoms with Gasteiger partial charge >= 0.3 is 12.4 Å². The Labute approximate surface area is 252 Å². The number of sulfonamides is 1. The van der Waals surface area contributed by atoms with Crippen molar-refractivity contribution in [3.05, 3.63) is 65.0 Å². The molecule has 17 heteroatoms. The highest BCUT2D eigenvalue weighted by atomic mass is 32.2. The van der Waals surface area contributed by atoms with Crippen LogP contribution < -0.4 is 20.1 Å². The van der Waals surface area contributed by atoms with Gasteiger partial charge in [0.25, 0.3) is 5.91 Å². The van der Waals surface area contributed by atoms with Crippen molar-refractivity contribution in [3.63, 3.8) is 0 Å². The lowest BCUT2D eigenvalue weighted by molar-refractivity contribution is -0.140. The van der Waals surface area contributed by atoms with Crippen molar-refractivity contribution >= 4 is 27.5 Å². The van der Waals surface area contributed by atoms with Gasteiger partial charge in [0.2, 0.25) is 15.9 Å². The van der Waals surface area contributed by atoms with E-state index in [-0.39, 0.29) is 42.3 Å². The predicted molar refractivity (Wildman–Crippen MR) is 145 cm³/mol. The van der Waals surface area contributed by atoms with E-state index in [4.69, 9.17) is 4.74 Å². The molecule has 2 aromatic carbocycles. The molecule has 0 radical (unpaired) electrons. The zero-order chi connectivity index (χ0) is 33.5. The van der Waals surface area contributed by atoms with E-state index in [1.54, 1.807) is 0 Å². The number of anilines is 1. The van der Waals surface area contributed by atoms with E-state index in [0.29, 0.717) is 12.1 Å². The second-order valence-corrected chi connectivity index (χ2v) is 12.5. The molecule has 0 spiro atoms. The van der Waals surface area contributed by atoms with Gasteiger partial charge < -0.3 is 20.5 Å². The first-order valence-corrected chi connectivity index (χ1v) is 14.9. The second kappa shape index (κ2) is 12.6.